The molecule has 0 spiro atoms. The highest BCUT2D eigenvalue weighted by molar-refractivity contribution is 5.51. The Morgan fingerprint density at radius 3 is 2.64 bits per heavy atom. The van der Waals surface area contributed by atoms with Crippen molar-refractivity contribution in [3.05, 3.63) is 29.8 Å². The third-order valence-electron chi connectivity index (χ3n) is 1.77. The van der Waals surface area contributed by atoms with Crippen molar-refractivity contribution < 1.29 is 0 Å². The van der Waals surface area contributed by atoms with E-state index in [-0.39, 0.29) is 0 Å². The Morgan fingerprint density at radius 1 is 1.14 bits per heavy atom. The first-order valence-electron chi connectivity index (χ1n) is 4.32. The normalized spacial score (nSPS) is 10.1. The SMILES string of the molecule is Cc1cc(Nc2cc(C)[nH]n2)ncn1. The summed E-state index contributed by atoms with van der Waals surface area (Å²) in [6.45, 7) is 3.87. The van der Waals surface area contributed by atoms with E-state index in [2.05, 4.69) is 25.5 Å². The maximum Gasteiger partial charge on any atom is 0.153 e. The van der Waals surface area contributed by atoms with E-state index in [0.717, 1.165) is 23.0 Å². The predicted octanol–water partition coefficient (Wildman–Crippen LogP) is 1.56. The van der Waals surface area contributed by atoms with Gasteiger partial charge in [-0.3, -0.25) is 5.10 Å². The lowest BCUT2D eigenvalue weighted by molar-refractivity contribution is 1.04. The second kappa shape index (κ2) is 3.45. The van der Waals surface area contributed by atoms with Crippen molar-refractivity contribution in [2.24, 2.45) is 0 Å². The molecule has 0 aromatic carbocycles. The van der Waals surface area contributed by atoms with Crippen LogP contribution in [0.1, 0.15) is 11.4 Å². The smallest absolute Gasteiger partial charge is 0.153 e. The Kier molecular flexibility index (Phi) is 2.14. The van der Waals surface area contributed by atoms with Crippen molar-refractivity contribution in [2.45, 2.75) is 13.8 Å². The zero-order valence-corrected chi connectivity index (χ0v) is 8.07. The zero-order chi connectivity index (χ0) is 9.97. The van der Waals surface area contributed by atoms with E-state index >= 15 is 0 Å². The first-order chi connectivity index (χ1) is 6.74. The largest absolute Gasteiger partial charge is 0.323 e. The molecule has 2 aromatic rings. The Bertz CT molecular complexity index is 434. The van der Waals surface area contributed by atoms with Gasteiger partial charge in [-0.2, -0.15) is 5.10 Å². The van der Waals surface area contributed by atoms with E-state index in [9.17, 15) is 0 Å². The molecule has 5 heteroatoms. The molecule has 0 aliphatic heterocycles. The number of aryl methyl sites for hydroxylation is 2. The fourth-order valence-electron chi connectivity index (χ4n) is 1.14. The van der Waals surface area contributed by atoms with Crippen molar-refractivity contribution in [3.63, 3.8) is 0 Å². The molecule has 72 valence electrons. The second-order valence-electron chi connectivity index (χ2n) is 3.11. The third-order valence-corrected chi connectivity index (χ3v) is 1.77. The second-order valence-corrected chi connectivity index (χ2v) is 3.11. The maximum atomic E-state index is 4.07. The first-order valence-corrected chi connectivity index (χ1v) is 4.32. The van der Waals surface area contributed by atoms with Crippen LogP contribution in [0.2, 0.25) is 0 Å². The van der Waals surface area contributed by atoms with Crippen LogP contribution in [-0.2, 0) is 0 Å². The number of rotatable bonds is 2. The Labute approximate surface area is 81.6 Å². The molecule has 0 aliphatic rings. The average Bonchev–Trinajstić information content (AvgIpc) is 2.51. The molecule has 0 saturated heterocycles. The zero-order valence-electron chi connectivity index (χ0n) is 8.07. The molecule has 0 saturated carbocycles. The predicted molar refractivity (Wildman–Crippen MR) is 53.4 cm³/mol. The van der Waals surface area contributed by atoms with E-state index in [1.54, 1.807) is 0 Å². The summed E-state index contributed by atoms with van der Waals surface area (Å²) in [6, 6.07) is 3.78. The molecule has 0 unspecified atom stereocenters. The lowest BCUT2D eigenvalue weighted by Gasteiger charge is -2.00. The van der Waals surface area contributed by atoms with Crippen LogP contribution in [0, 0.1) is 13.8 Å². The lowest BCUT2D eigenvalue weighted by Crippen LogP contribution is -1.95. The number of hydrogen-bond acceptors (Lipinski definition) is 4. The minimum Gasteiger partial charge on any atom is -0.323 e. The highest BCUT2D eigenvalue weighted by Gasteiger charge is 1.99. The highest BCUT2D eigenvalue weighted by Crippen LogP contribution is 2.11. The molecule has 2 aromatic heterocycles. The molecule has 2 N–H and O–H groups in total. The summed E-state index contributed by atoms with van der Waals surface area (Å²) in [5.41, 5.74) is 1.94. The fourth-order valence-corrected chi connectivity index (χ4v) is 1.14. The molecule has 0 amide bonds. The van der Waals surface area contributed by atoms with Gasteiger partial charge in [0.25, 0.3) is 0 Å². The van der Waals surface area contributed by atoms with Crippen molar-refractivity contribution in [1.29, 1.82) is 0 Å². The van der Waals surface area contributed by atoms with E-state index in [1.165, 1.54) is 6.33 Å². The molecule has 0 fully saturated rings. The number of anilines is 2. The molecule has 2 heterocycles. The number of hydrogen-bond donors (Lipinski definition) is 2. The van der Waals surface area contributed by atoms with E-state index in [4.69, 9.17) is 0 Å². The van der Waals surface area contributed by atoms with E-state index in [1.807, 2.05) is 26.0 Å². The Morgan fingerprint density at radius 2 is 2.00 bits per heavy atom. The summed E-state index contributed by atoms with van der Waals surface area (Å²) in [4.78, 5) is 8.08. The van der Waals surface area contributed by atoms with Crippen LogP contribution in [0.4, 0.5) is 11.6 Å². The minimum absolute atomic E-state index is 0.754. The van der Waals surface area contributed by atoms with Gasteiger partial charge in [0, 0.05) is 23.5 Å². The van der Waals surface area contributed by atoms with Crippen LogP contribution < -0.4 is 5.32 Å². The van der Waals surface area contributed by atoms with E-state index < -0.39 is 0 Å². The number of nitrogens with zero attached hydrogens (tertiary/aromatic N) is 3. The molecule has 14 heavy (non-hydrogen) atoms. The molecule has 5 nitrogen and oxygen atoms in total. The fraction of sp³-hybridized carbons (Fsp3) is 0.222. The van der Waals surface area contributed by atoms with Gasteiger partial charge in [0.05, 0.1) is 0 Å². The Balaban J connectivity index is 2.18. The van der Waals surface area contributed by atoms with E-state index in [0.29, 0.717) is 0 Å². The molecule has 0 atom stereocenters. The number of aromatic amines is 1. The van der Waals surface area contributed by atoms with Gasteiger partial charge < -0.3 is 5.32 Å². The standard InChI is InChI=1S/C9H11N5/c1-6-3-8(11-5-10-6)12-9-4-7(2)13-14-9/h3-5H,1-2H3,(H2,10,11,12,13,14). The van der Waals surface area contributed by atoms with Gasteiger partial charge in [0.15, 0.2) is 5.82 Å². The third kappa shape index (κ3) is 1.87. The van der Waals surface area contributed by atoms with Crippen molar-refractivity contribution in [1.82, 2.24) is 20.2 Å². The van der Waals surface area contributed by atoms with Crippen LogP contribution in [-0.4, -0.2) is 20.2 Å². The van der Waals surface area contributed by atoms with Gasteiger partial charge in [-0.15, -0.1) is 0 Å². The minimum atomic E-state index is 0.754. The van der Waals surface area contributed by atoms with Crippen LogP contribution in [0.15, 0.2) is 18.5 Å². The van der Waals surface area contributed by atoms with Crippen LogP contribution in [0.5, 0.6) is 0 Å². The van der Waals surface area contributed by atoms with Gasteiger partial charge in [0.2, 0.25) is 0 Å². The average molecular weight is 189 g/mol. The topological polar surface area (TPSA) is 66.5 Å². The van der Waals surface area contributed by atoms with Crippen molar-refractivity contribution >= 4 is 11.6 Å². The summed E-state index contributed by atoms with van der Waals surface area (Å²) in [6.07, 6.45) is 1.52. The first kappa shape index (κ1) is 8.68. The molecule has 0 radical (unpaired) electrons. The number of nitrogens with one attached hydrogen (secondary N) is 2. The monoisotopic (exact) mass is 189 g/mol. The summed E-state index contributed by atoms with van der Waals surface area (Å²) in [7, 11) is 0. The maximum absolute atomic E-state index is 4.07. The summed E-state index contributed by atoms with van der Waals surface area (Å²) in [5, 5.41) is 9.96. The van der Waals surface area contributed by atoms with Gasteiger partial charge in [-0.05, 0) is 13.8 Å². The highest BCUT2D eigenvalue weighted by atomic mass is 15.2. The van der Waals surface area contributed by atoms with Crippen LogP contribution >= 0.6 is 0 Å². The summed E-state index contributed by atoms with van der Waals surface area (Å²) < 4.78 is 0. The lowest BCUT2D eigenvalue weighted by atomic mass is 10.4. The Hall–Kier alpha value is -1.91. The van der Waals surface area contributed by atoms with Gasteiger partial charge in [0.1, 0.15) is 12.1 Å². The molecule has 0 aliphatic carbocycles. The van der Waals surface area contributed by atoms with Crippen molar-refractivity contribution in [3.8, 4) is 0 Å². The molecule has 2 rings (SSSR count). The quantitative estimate of drug-likeness (QED) is 0.752. The van der Waals surface area contributed by atoms with Crippen molar-refractivity contribution in [2.75, 3.05) is 5.32 Å². The molecular formula is C9H11N5. The van der Waals surface area contributed by atoms with Crippen LogP contribution in [0.25, 0.3) is 0 Å². The molecular weight excluding hydrogens is 178 g/mol. The van der Waals surface area contributed by atoms with Gasteiger partial charge in [-0.25, -0.2) is 9.97 Å². The summed E-state index contributed by atoms with van der Waals surface area (Å²) >= 11 is 0. The number of H-pyrrole nitrogens is 1. The number of aromatic nitrogens is 4. The van der Waals surface area contributed by atoms with Gasteiger partial charge >= 0.3 is 0 Å². The summed E-state index contributed by atoms with van der Waals surface area (Å²) in [5.74, 6) is 1.52. The van der Waals surface area contributed by atoms with Crippen LogP contribution in [0.3, 0.4) is 0 Å². The van der Waals surface area contributed by atoms with Gasteiger partial charge in [-0.1, -0.05) is 0 Å². The molecule has 0 bridgehead atoms.